The number of ether oxygens (including phenoxy) is 2. The smallest absolute Gasteiger partial charge is 0.348 e. The van der Waals surface area contributed by atoms with Crippen molar-refractivity contribution >= 4 is 39.0 Å². The van der Waals surface area contributed by atoms with Gasteiger partial charge in [-0.15, -0.1) is 11.3 Å². The molecule has 0 radical (unpaired) electrons. The highest BCUT2D eigenvalue weighted by Crippen LogP contribution is 2.35. The average Bonchev–Trinajstić information content (AvgIpc) is 3.24. The fourth-order valence-corrected chi connectivity index (χ4v) is 5.93. The van der Waals surface area contributed by atoms with Gasteiger partial charge >= 0.3 is 11.9 Å². The van der Waals surface area contributed by atoms with Gasteiger partial charge in [0.05, 0.1) is 19.8 Å². The number of benzene rings is 1. The Morgan fingerprint density at radius 1 is 1.07 bits per heavy atom. The van der Waals surface area contributed by atoms with Crippen LogP contribution < -0.4 is 4.72 Å². The minimum Gasteiger partial charge on any atom is -0.465 e. The van der Waals surface area contributed by atoms with Crippen LogP contribution in [0.3, 0.4) is 0 Å². The molecule has 144 valence electrons. The molecular formula is C18H19NO6S2. The van der Waals surface area contributed by atoms with Crippen LogP contribution in [0.15, 0.2) is 22.4 Å². The molecule has 2 aromatic rings. The Morgan fingerprint density at radius 3 is 2.41 bits per heavy atom. The molecule has 1 heterocycles. The first-order valence-electron chi connectivity index (χ1n) is 8.23. The molecule has 1 aromatic heterocycles. The second-order valence-electron chi connectivity index (χ2n) is 6.14. The molecule has 0 bridgehead atoms. The van der Waals surface area contributed by atoms with E-state index in [-0.39, 0.29) is 20.2 Å². The first-order valence-corrected chi connectivity index (χ1v) is 10.5. The van der Waals surface area contributed by atoms with Crippen molar-refractivity contribution in [2.24, 2.45) is 0 Å². The third-order valence-corrected chi connectivity index (χ3v) is 7.64. The Morgan fingerprint density at radius 2 is 1.74 bits per heavy atom. The number of rotatable bonds is 5. The first kappa shape index (κ1) is 19.4. The number of hydrogen-bond donors (Lipinski definition) is 1. The predicted octanol–water partition coefficient (Wildman–Crippen LogP) is 2.92. The molecule has 0 amide bonds. The SMILES string of the molecule is COC(=O)c1sc(S(=O)(=O)Nc2ccc3c(c2)CCC3)c(C(=O)OC)c1C. The molecular weight excluding hydrogens is 390 g/mol. The van der Waals surface area contributed by atoms with Gasteiger partial charge in [0.25, 0.3) is 10.0 Å². The summed E-state index contributed by atoms with van der Waals surface area (Å²) in [7, 11) is -1.75. The number of carbonyl (C=O) groups is 2. The Bertz CT molecular complexity index is 1020. The molecule has 7 nitrogen and oxygen atoms in total. The topological polar surface area (TPSA) is 98.8 Å². The second kappa shape index (κ2) is 7.32. The van der Waals surface area contributed by atoms with Crippen molar-refractivity contribution in [2.75, 3.05) is 18.9 Å². The lowest BCUT2D eigenvalue weighted by Gasteiger charge is -2.10. The molecule has 0 saturated heterocycles. The van der Waals surface area contributed by atoms with Crippen LogP contribution in [0, 0.1) is 6.92 Å². The van der Waals surface area contributed by atoms with Gasteiger partial charge in [0.2, 0.25) is 0 Å². The Balaban J connectivity index is 2.05. The van der Waals surface area contributed by atoms with Crippen molar-refractivity contribution in [3.8, 4) is 0 Å². The van der Waals surface area contributed by atoms with Crippen molar-refractivity contribution in [2.45, 2.75) is 30.4 Å². The molecule has 0 unspecified atom stereocenters. The lowest BCUT2D eigenvalue weighted by Crippen LogP contribution is -2.16. The average molecular weight is 409 g/mol. The van der Waals surface area contributed by atoms with Crippen LogP contribution >= 0.6 is 11.3 Å². The number of fused-ring (bicyclic) bond motifs is 1. The van der Waals surface area contributed by atoms with E-state index < -0.39 is 22.0 Å². The summed E-state index contributed by atoms with van der Waals surface area (Å²) in [6, 6.07) is 5.40. The number of aryl methyl sites for hydroxylation is 2. The molecule has 0 atom stereocenters. The maximum absolute atomic E-state index is 13.0. The zero-order valence-electron chi connectivity index (χ0n) is 15.1. The minimum atomic E-state index is -4.10. The van der Waals surface area contributed by atoms with Gasteiger partial charge < -0.3 is 9.47 Å². The van der Waals surface area contributed by atoms with Crippen LogP contribution in [0.4, 0.5) is 5.69 Å². The number of methoxy groups -OCH3 is 2. The van der Waals surface area contributed by atoms with E-state index in [1.807, 2.05) is 6.07 Å². The van der Waals surface area contributed by atoms with Gasteiger partial charge in [-0.2, -0.15) is 0 Å². The van der Waals surface area contributed by atoms with Gasteiger partial charge in [-0.05, 0) is 55.0 Å². The van der Waals surface area contributed by atoms with Crippen molar-refractivity contribution in [1.82, 2.24) is 0 Å². The highest BCUT2D eigenvalue weighted by atomic mass is 32.2. The summed E-state index contributed by atoms with van der Waals surface area (Å²) in [5, 5.41) is 0. The Labute approximate surface area is 161 Å². The number of sulfonamides is 1. The lowest BCUT2D eigenvalue weighted by molar-refractivity contribution is 0.0596. The fraction of sp³-hybridized carbons (Fsp3) is 0.333. The van der Waals surface area contributed by atoms with Crippen LogP contribution in [-0.2, 0) is 32.3 Å². The molecule has 0 aliphatic heterocycles. The van der Waals surface area contributed by atoms with Crippen molar-refractivity contribution in [3.63, 3.8) is 0 Å². The third-order valence-electron chi connectivity index (χ3n) is 4.47. The molecule has 1 aliphatic rings. The quantitative estimate of drug-likeness (QED) is 0.763. The Kier molecular flexibility index (Phi) is 5.25. The summed E-state index contributed by atoms with van der Waals surface area (Å²) >= 11 is 0.688. The van der Waals surface area contributed by atoms with Gasteiger partial charge in [-0.1, -0.05) is 6.07 Å². The third kappa shape index (κ3) is 3.57. The molecule has 0 spiro atoms. The number of hydrogen-bond acceptors (Lipinski definition) is 7. The molecule has 3 rings (SSSR count). The predicted molar refractivity (Wildman–Crippen MR) is 101 cm³/mol. The van der Waals surface area contributed by atoms with Gasteiger partial charge in [-0.3, -0.25) is 4.72 Å². The van der Waals surface area contributed by atoms with E-state index in [0.717, 1.165) is 31.9 Å². The van der Waals surface area contributed by atoms with Gasteiger partial charge in [0, 0.05) is 5.69 Å². The number of thiophene rings is 1. The maximum Gasteiger partial charge on any atom is 0.348 e. The summed E-state index contributed by atoms with van der Waals surface area (Å²) in [4.78, 5) is 24.2. The maximum atomic E-state index is 13.0. The van der Waals surface area contributed by atoms with Gasteiger partial charge in [0.1, 0.15) is 4.88 Å². The number of esters is 2. The number of anilines is 1. The highest BCUT2D eigenvalue weighted by Gasteiger charge is 2.32. The monoisotopic (exact) mass is 409 g/mol. The van der Waals surface area contributed by atoms with Crippen LogP contribution in [0.25, 0.3) is 0 Å². The summed E-state index contributed by atoms with van der Waals surface area (Å²) in [5.41, 5.74) is 2.80. The van der Waals surface area contributed by atoms with Crippen molar-refractivity contribution in [1.29, 1.82) is 0 Å². The van der Waals surface area contributed by atoms with E-state index in [9.17, 15) is 18.0 Å². The van der Waals surface area contributed by atoms with E-state index in [1.54, 1.807) is 12.1 Å². The van der Waals surface area contributed by atoms with E-state index in [0.29, 0.717) is 17.0 Å². The van der Waals surface area contributed by atoms with Crippen LogP contribution in [-0.4, -0.2) is 34.6 Å². The largest absolute Gasteiger partial charge is 0.465 e. The lowest BCUT2D eigenvalue weighted by atomic mass is 10.1. The van der Waals surface area contributed by atoms with E-state index >= 15 is 0 Å². The number of nitrogens with one attached hydrogen (secondary N) is 1. The zero-order chi connectivity index (χ0) is 19.8. The molecule has 1 N–H and O–H groups in total. The van der Waals surface area contributed by atoms with Crippen LogP contribution in [0.1, 0.15) is 43.1 Å². The van der Waals surface area contributed by atoms with E-state index in [2.05, 4.69) is 9.46 Å². The van der Waals surface area contributed by atoms with Crippen molar-refractivity contribution < 1.29 is 27.5 Å². The molecule has 1 aliphatic carbocycles. The second-order valence-corrected chi connectivity index (χ2v) is 9.04. The standard InChI is InChI=1S/C18H19NO6S2/c1-10-14(16(20)24-2)18(26-15(10)17(21)25-3)27(22,23)19-13-8-7-11-5-4-6-12(11)9-13/h7-9,19H,4-6H2,1-3H3. The molecule has 0 fully saturated rings. The number of carbonyl (C=O) groups excluding carboxylic acids is 2. The van der Waals surface area contributed by atoms with Crippen LogP contribution in [0.2, 0.25) is 0 Å². The fourth-order valence-electron chi connectivity index (χ4n) is 3.14. The highest BCUT2D eigenvalue weighted by molar-refractivity contribution is 7.94. The van der Waals surface area contributed by atoms with E-state index in [1.165, 1.54) is 19.6 Å². The van der Waals surface area contributed by atoms with Crippen LogP contribution in [0.5, 0.6) is 0 Å². The summed E-state index contributed by atoms with van der Waals surface area (Å²) in [5.74, 6) is -1.53. The summed E-state index contributed by atoms with van der Waals surface area (Å²) in [6.45, 7) is 1.49. The molecule has 9 heteroatoms. The van der Waals surface area contributed by atoms with Gasteiger partial charge in [-0.25, -0.2) is 18.0 Å². The minimum absolute atomic E-state index is 0.0484. The Hall–Kier alpha value is -2.39. The normalized spacial score (nSPS) is 13.1. The molecule has 1 aromatic carbocycles. The summed E-state index contributed by atoms with van der Waals surface area (Å²) < 4.78 is 37.5. The zero-order valence-corrected chi connectivity index (χ0v) is 16.8. The molecule has 0 saturated carbocycles. The molecule has 27 heavy (non-hydrogen) atoms. The van der Waals surface area contributed by atoms with E-state index in [4.69, 9.17) is 4.74 Å². The summed E-state index contributed by atoms with van der Waals surface area (Å²) in [6.07, 6.45) is 2.94. The van der Waals surface area contributed by atoms with Crippen molar-refractivity contribution in [3.05, 3.63) is 45.3 Å². The first-order chi connectivity index (χ1) is 12.8. The van der Waals surface area contributed by atoms with Gasteiger partial charge in [0.15, 0.2) is 4.21 Å².